The van der Waals surface area contributed by atoms with Crippen LogP contribution in [0.1, 0.15) is 22.9 Å². The molecule has 0 saturated heterocycles. The molecule has 2 unspecified atom stereocenters. The van der Waals surface area contributed by atoms with Crippen molar-refractivity contribution in [1.29, 1.82) is 0 Å². The Morgan fingerprint density at radius 3 is 3.00 bits per heavy atom. The molecule has 4 rings (SSSR count). The summed E-state index contributed by atoms with van der Waals surface area (Å²) in [5, 5.41) is 13.7. The molecule has 2 aliphatic heterocycles. The highest BCUT2D eigenvalue weighted by atomic mass is 32.2. The van der Waals surface area contributed by atoms with Crippen molar-refractivity contribution in [1.82, 2.24) is 4.90 Å². The van der Waals surface area contributed by atoms with Crippen LogP contribution in [0.4, 0.5) is 5.69 Å². The molecule has 5 nitrogen and oxygen atoms in total. The van der Waals surface area contributed by atoms with Crippen molar-refractivity contribution in [2.24, 2.45) is 4.99 Å². The van der Waals surface area contributed by atoms with Crippen molar-refractivity contribution >= 4 is 22.4 Å². The van der Waals surface area contributed by atoms with Crippen LogP contribution in [0.5, 0.6) is 0 Å². The smallest absolute Gasteiger partial charge is 0.201 e. The molecule has 124 valence electrons. The first-order valence-corrected chi connectivity index (χ1v) is 9.28. The number of nitrogens with one attached hydrogen (secondary N) is 1. The molecule has 0 amide bonds. The number of aliphatic hydroxyl groups is 1. The maximum Gasteiger partial charge on any atom is 0.201 e. The number of hydrogen-bond acceptors (Lipinski definition) is 5. The monoisotopic (exact) mass is 341 g/mol. The van der Waals surface area contributed by atoms with Crippen LogP contribution in [0.2, 0.25) is 0 Å². The van der Waals surface area contributed by atoms with Gasteiger partial charge in [-0.1, -0.05) is 29.8 Å². The predicted molar refractivity (Wildman–Crippen MR) is 95.3 cm³/mol. The maximum absolute atomic E-state index is 12.4. The summed E-state index contributed by atoms with van der Waals surface area (Å²) in [7, 11) is -1.00. The maximum atomic E-state index is 12.4. The topological polar surface area (TPSA) is 64.9 Å². The van der Waals surface area contributed by atoms with E-state index < -0.39 is 17.0 Å². The summed E-state index contributed by atoms with van der Waals surface area (Å²) in [5.41, 5.74) is 3.80. The summed E-state index contributed by atoms with van der Waals surface area (Å²) in [6.45, 7) is 3.25. The fourth-order valence-corrected chi connectivity index (χ4v) is 4.39. The molecule has 2 aromatic rings. The van der Waals surface area contributed by atoms with Crippen molar-refractivity contribution in [3.8, 4) is 0 Å². The Labute approximate surface area is 143 Å². The number of benzene rings is 2. The van der Waals surface area contributed by atoms with Crippen LogP contribution < -0.4 is 5.32 Å². The van der Waals surface area contributed by atoms with Gasteiger partial charge >= 0.3 is 0 Å². The van der Waals surface area contributed by atoms with Crippen molar-refractivity contribution in [3.63, 3.8) is 0 Å². The number of aliphatic imine (C=N–C) groups is 1. The average molecular weight is 341 g/mol. The summed E-state index contributed by atoms with van der Waals surface area (Å²) in [4.78, 5) is 7.36. The quantitative estimate of drug-likeness (QED) is 0.772. The van der Waals surface area contributed by atoms with E-state index in [2.05, 4.69) is 15.2 Å². The molecule has 2 atom stereocenters. The van der Waals surface area contributed by atoms with E-state index in [-0.39, 0.29) is 0 Å². The summed E-state index contributed by atoms with van der Waals surface area (Å²) in [5.74, 6) is 1.18. The second-order valence-electron chi connectivity index (χ2n) is 6.12. The largest absolute Gasteiger partial charge is 0.368 e. The van der Waals surface area contributed by atoms with Gasteiger partial charge in [-0.25, -0.2) is 4.99 Å². The first kappa shape index (κ1) is 15.4. The van der Waals surface area contributed by atoms with Gasteiger partial charge in [0.1, 0.15) is 0 Å². The number of nitrogens with zero attached hydrogens (tertiary/aromatic N) is 2. The first-order chi connectivity index (χ1) is 11.6. The molecule has 0 radical (unpaired) electrons. The van der Waals surface area contributed by atoms with Gasteiger partial charge in [-0.2, -0.15) is 0 Å². The predicted octanol–water partition coefficient (Wildman–Crippen LogP) is 2.39. The number of rotatable bonds is 0. The SMILES string of the molecule is Cc1ccc2c(c1)C(O)N=C(N1CCS(=O)c3ccccc3C1)N2. The van der Waals surface area contributed by atoms with E-state index in [0.29, 0.717) is 24.8 Å². The number of fused-ring (bicyclic) bond motifs is 2. The molecule has 2 N–H and O–H groups in total. The number of guanidine groups is 1. The molecule has 24 heavy (non-hydrogen) atoms. The van der Waals surface area contributed by atoms with Gasteiger partial charge in [0.2, 0.25) is 5.96 Å². The van der Waals surface area contributed by atoms with Crippen molar-refractivity contribution in [3.05, 3.63) is 59.2 Å². The zero-order valence-electron chi connectivity index (χ0n) is 13.4. The van der Waals surface area contributed by atoms with Gasteiger partial charge in [0.25, 0.3) is 0 Å². The van der Waals surface area contributed by atoms with E-state index in [1.54, 1.807) is 0 Å². The molecule has 0 aromatic heterocycles. The Morgan fingerprint density at radius 2 is 2.12 bits per heavy atom. The highest BCUT2D eigenvalue weighted by Gasteiger charge is 2.26. The van der Waals surface area contributed by atoms with E-state index in [1.165, 1.54) is 0 Å². The Kier molecular flexibility index (Phi) is 3.86. The number of hydrogen-bond donors (Lipinski definition) is 2. The molecule has 0 fully saturated rings. The van der Waals surface area contributed by atoms with Crippen LogP contribution in [-0.4, -0.2) is 32.5 Å². The van der Waals surface area contributed by atoms with Gasteiger partial charge in [-0.15, -0.1) is 0 Å². The van der Waals surface area contributed by atoms with Crippen molar-refractivity contribution in [2.45, 2.75) is 24.6 Å². The second-order valence-corrected chi connectivity index (χ2v) is 7.66. The third kappa shape index (κ3) is 2.72. The van der Waals surface area contributed by atoms with Crippen LogP contribution in [0, 0.1) is 6.92 Å². The molecule has 0 bridgehead atoms. The lowest BCUT2D eigenvalue weighted by Crippen LogP contribution is -2.39. The van der Waals surface area contributed by atoms with Gasteiger partial charge in [0, 0.05) is 35.0 Å². The lowest BCUT2D eigenvalue weighted by Gasteiger charge is -2.30. The van der Waals surface area contributed by atoms with Crippen LogP contribution in [-0.2, 0) is 17.3 Å². The fourth-order valence-electron chi connectivity index (χ4n) is 3.13. The lowest BCUT2D eigenvalue weighted by atomic mass is 10.1. The summed E-state index contributed by atoms with van der Waals surface area (Å²) >= 11 is 0. The number of aryl methyl sites for hydroxylation is 1. The lowest BCUT2D eigenvalue weighted by molar-refractivity contribution is 0.185. The zero-order valence-corrected chi connectivity index (χ0v) is 14.2. The van der Waals surface area contributed by atoms with Gasteiger partial charge < -0.3 is 15.3 Å². The number of aliphatic hydroxyl groups excluding tert-OH is 1. The molecule has 0 saturated carbocycles. The highest BCUT2D eigenvalue weighted by molar-refractivity contribution is 7.85. The Morgan fingerprint density at radius 1 is 1.29 bits per heavy atom. The normalized spacial score (nSPS) is 22.8. The third-order valence-electron chi connectivity index (χ3n) is 4.40. The molecule has 2 aliphatic rings. The van der Waals surface area contributed by atoms with Gasteiger partial charge in [-0.05, 0) is 30.7 Å². The fraction of sp³-hybridized carbons (Fsp3) is 0.278. The van der Waals surface area contributed by atoms with Crippen LogP contribution in [0.3, 0.4) is 0 Å². The molecule has 2 aromatic carbocycles. The minimum Gasteiger partial charge on any atom is -0.368 e. The van der Waals surface area contributed by atoms with E-state index >= 15 is 0 Å². The van der Waals surface area contributed by atoms with Gasteiger partial charge in [0.05, 0.1) is 10.8 Å². The third-order valence-corrected chi connectivity index (χ3v) is 5.84. The van der Waals surface area contributed by atoms with Gasteiger partial charge in [0.15, 0.2) is 6.23 Å². The molecular formula is C18H19N3O2S. The Hall–Kier alpha value is -2.18. The van der Waals surface area contributed by atoms with Gasteiger partial charge in [-0.3, -0.25) is 4.21 Å². The van der Waals surface area contributed by atoms with Crippen molar-refractivity contribution in [2.75, 3.05) is 17.6 Å². The van der Waals surface area contributed by atoms with E-state index in [1.807, 2.05) is 49.4 Å². The molecule has 6 heteroatoms. The Bertz CT molecular complexity index is 850. The standard InChI is InChI=1S/C18H19N3O2S/c1-12-6-7-15-14(10-12)17(22)20-18(19-15)21-8-9-24(23)16-5-3-2-4-13(16)11-21/h2-7,10,17,22H,8-9,11H2,1H3,(H,19,20). The van der Waals surface area contributed by atoms with Crippen molar-refractivity contribution < 1.29 is 9.32 Å². The van der Waals surface area contributed by atoms with Crippen LogP contribution in [0.15, 0.2) is 52.4 Å². The molecule has 0 spiro atoms. The van der Waals surface area contributed by atoms with E-state index in [4.69, 9.17) is 0 Å². The first-order valence-electron chi connectivity index (χ1n) is 7.96. The summed E-state index contributed by atoms with van der Waals surface area (Å²) < 4.78 is 12.4. The molecule has 2 heterocycles. The van der Waals surface area contributed by atoms with Crippen LogP contribution >= 0.6 is 0 Å². The highest BCUT2D eigenvalue weighted by Crippen LogP contribution is 2.30. The zero-order chi connectivity index (χ0) is 16.7. The van der Waals surface area contributed by atoms with E-state index in [9.17, 15) is 9.32 Å². The van der Waals surface area contributed by atoms with E-state index in [0.717, 1.165) is 27.3 Å². The summed E-state index contributed by atoms with van der Waals surface area (Å²) in [6, 6.07) is 13.7. The number of anilines is 1. The minimum atomic E-state index is -1.00. The minimum absolute atomic E-state index is 0.550. The summed E-state index contributed by atoms with van der Waals surface area (Å²) in [6.07, 6.45) is -0.875. The second kappa shape index (κ2) is 6.03. The molecular weight excluding hydrogens is 322 g/mol. The molecule has 0 aliphatic carbocycles. The Balaban J connectivity index is 1.66. The average Bonchev–Trinajstić information content (AvgIpc) is 2.75. The van der Waals surface area contributed by atoms with Crippen LogP contribution in [0.25, 0.3) is 0 Å².